The first-order valence-corrected chi connectivity index (χ1v) is 16.0. The SMILES string of the molecule is COC(=O)c1cccc(Oc2cnc(NC(=O)C(Oc3ccc(Cl)cc3)c3ccc(S(=O)(=O)N4CCCCC4)cc3)s2)c1. The Kier molecular flexibility index (Phi) is 9.61. The lowest BCUT2D eigenvalue weighted by atomic mass is 10.1. The third kappa shape index (κ3) is 7.52. The van der Waals surface area contributed by atoms with E-state index in [4.69, 9.17) is 25.8 Å². The fourth-order valence-corrected chi connectivity index (χ4v) is 6.78. The monoisotopic (exact) mass is 641 g/mol. The number of piperidine rings is 1. The molecule has 1 aliphatic heterocycles. The highest BCUT2D eigenvalue weighted by Crippen LogP contribution is 2.33. The molecule has 0 bridgehead atoms. The summed E-state index contributed by atoms with van der Waals surface area (Å²) in [7, 11) is -2.34. The van der Waals surface area contributed by atoms with Crippen LogP contribution < -0.4 is 14.8 Å². The van der Waals surface area contributed by atoms with Crippen molar-refractivity contribution in [1.29, 1.82) is 0 Å². The number of ether oxygens (including phenoxy) is 3. The molecule has 4 aromatic rings. The van der Waals surface area contributed by atoms with Crippen molar-refractivity contribution in [3.63, 3.8) is 0 Å². The predicted octanol–water partition coefficient (Wildman–Crippen LogP) is 6.31. The molecule has 1 unspecified atom stereocenters. The van der Waals surface area contributed by atoms with Crippen molar-refractivity contribution < 1.29 is 32.2 Å². The quantitative estimate of drug-likeness (QED) is 0.200. The fraction of sp³-hybridized carbons (Fsp3) is 0.233. The largest absolute Gasteiger partial charge is 0.476 e. The lowest BCUT2D eigenvalue weighted by Crippen LogP contribution is -2.35. The summed E-state index contributed by atoms with van der Waals surface area (Å²) in [5, 5.41) is 3.88. The van der Waals surface area contributed by atoms with Crippen molar-refractivity contribution in [3.8, 4) is 16.6 Å². The zero-order chi connectivity index (χ0) is 30.4. The second-order valence-corrected chi connectivity index (χ2v) is 12.9. The number of rotatable bonds is 10. The maximum absolute atomic E-state index is 13.5. The summed E-state index contributed by atoms with van der Waals surface area (Å²) < 4.78 is 44.4. The van der Waals surface area contributed by atoms with Crippen molar-refractivity contribution in [2.45, 2.75) is 30.3 Å². The van der Waals surface area contributed by atoms with Gasteiger partial charge in [0.05, 0.1) is 23.8 Å². The molecule has 0 aliphatic carbocycles. The molecule has 43 heavy (non-hydrogen) atoms. The van der Waals surface area contributed by atoms with Gasteiger partial charge in [-0.25, -0.2) is 18.2 Å². The van der Waals surface area contributed by atoms with E-state index in [0.717, 1.165) is 30.6 Å². The Labute approximate surface area is 258 Å². The van der Waals surface area contributed by atoms with Gasteiger partial charge in [0.1, 0.15) is 11.5 Å². The summed E-state index contributed by atoms with van der Waals surface area (Å²) in [4.78, 5) is 29.7. The summed E-state index contributed by atoms with van der Waals surface area (Å²) in [5.74, 6) is -0.238. The van der Waals surface area contributed by atoms with Gasteiger partial charge in [0.15, 0.2) is 5.13 Å². The van der Waals surface area contributed by atoms with Crippen LogP contribution in [0.4, 0.5) is 5.13 Å². The molecule has 1 fully saturated rings. The van der Waals surface area contributed by atoms with Crippen molar-refractivity contribution >= 4 is 50.0 Å². The van der Waals surface area contributed by atoms with Gasteiger partial charge in [-0.1, -0.05) is 47.6 Å². The van der Waals surface area contributed by atoms with Crippen molar-refractivity contribution in [3.05, 3.63) is 95.1 Å². The maximum atomic E-state index is 13.5. The average Bonchev–Trinajstić information content (AvgIpc) is 3.47. The number of hydrogen-bond acceptors (Lipinski definition) is 9. The zero-order valence-corrected chi connectivity index (χ0v) is 25.5. The van der Waals surface area contributed by atoms with E-state index in [-0.39, 0.29) is 10.0 Å². The minimum atomic E-state index is -3.64. The third-order valence-electron chi connectivity index (χ3n) is 6.63. The molecule has 1 amide bonds. The van der Waals surface area contributed by atoms with Crippen molar-refractivity contribution in [1.82, 2.24) is 9.29 Å². The smallest absolute Gasteiger partial charge is 0.337 e. The number of aromatic nitrogens is 1. The summed E-state index contributed by atoms with van der Waals surface area (Å²) >= 11 is 7.09. The second-order valence-electron chi connectivity index (χ2n) is 9.58. The molecule has 1 aromatic heterocycles. The molecular weight excluding hydrogens is 614 g/mol. The number of halogens is 1. The summed E-state index contributed by atoms with van der Waals surface area (Å²) in [5.41, 5.74) is 0.771. The molecule has 1 atom stereocenters. The second kappa shape index (κ2) is 13.6. The van der Waals surface area contributed by atoms with E-state index in [1.165, 1.54) is 35.8 Å². The number of hydrogen-bond donors (Lipinski definition) is 1. The number of methoxy groups -OCH3 is 1. The molecule has 0 saturated carbocycles. The maximum Gasteiger partial charge on any atom is 0.337 e. The summed E-state index contributed by atoms with van der Waals surface area (Å²) in [6.07, 6.45) is 2.98. The van der Waals surface area contributed by atoms with Crippen LogP contribution in [-0.4, -0.2) is 49.8 Å². The lowest BCUT2D eigenvalue weighted by molar-refractivity contribution is -0.123. The molecule has 1 aliphatic rings. The zero-order valence-electron chi connectivity index (χ0n) is 23.1. The first-order valence-electron chi connectivity index (χ1n) is 13.4. The Balaban J connectivity index is 1.34. The van der Waals surface area contributed by atoms with Gasteiger partial charge in [0.2, 0.25) is 21.2 Å². The number of carbonyl (C=O) groups is 2. The van der Waals surface area contributed by atoms with Crippen LogP contribution in [-0.2, 0) is 19.6 Å². The Bertz CT molecular complexity index is 1690. The van der Waals surface area contributed by atoms with Crippen molar-refractivity contribution in [2.75, 3.05) is 25.5 Å². The lowest BCUT2D eigenvalue weighted by Gasteiger charge is -2.26. The number of amides is 1. The first-order chi connectivity index (χ1) is 20.7. The Morgan fingerprint density at radius 2 is 1.70 bits per heavy atom. The van der Waals surface area contributed by atoms with Crippen LogP contribution in [0, 0.1) is 0 Å². The van der Waals surface area contributed by atoms with Gasteiger partial charge in [0, 0.05) is 23.7 Å². The number of benzene rings is 3. The van der Waals surface area contributed by atoms with E-state index in [1.54, 1.807) is 54.6 Å². The van der Waals surface area contributed by atoms with Gasteiger partial charge in [-0.3, -0.25) is 10.1 Å². The van der Waals surface area contributed by atoms with E-state index < -0.39 is 28.0 Å². The van der Waals surface area contributed by atoms with E-state index in [9.17, 15) is 18.0 Å². The summed E-state index contributed by atoms with van der Waals surface area (Å²) in [6.45, 7) is 0.982. The molecular formula is C30H28ClN3O7S2. The van der Waals surface area contributed by atoms with Crippen LogP contribution in [0.5, 0.6) is 16.6 Å². The van der Waals surface area contributed by atoms with E-state index in [1.807, 2.05) is 0 Å². The highest BCUT2D eigenvalue weighted by Gasteiger charge is 2.28. The van der Waals surface area contributed by atoms with Crippen LogP contribution in [0.3, 0.4) is 0 Å². The minimum absolute atomic E-state index is 0.154. The number of sulfonamides is 1. The standard InChI is InChI=1S/C30H28ClN3O7S2/c1-39-29(36)21-6-5-7-24(18-21)40-26-19-32-30(42-26)33-28(35)27(41-23-12-10-22(31)11-13-23)20-8-14-25(15-9-20)43(37,38)34-16-3-2-4-17-34/h5-15,18-19,27H,2-4,16-17H2,1H3,(H,32,33,35). The topological polar surface area (TPSA) is 124 Å². The van der Waals surface area contributed by atoms with E-state index >= 15 is 0 Å². The molecule has 0 spiro atoms. The number of esters is 1. The van der Waals surface area contributed by atoms with Crippen LogP contribution in [0.25, 0.3) is 0 Å². The first kappa shape index (κ1) is 30.5. The van der Waals surface area contributed by atoms with Crippen LogP contribution >= 0.6 is 22.9 Å². The molecule has 5 rings (SSSR count). The minimum Gasteiger partial charge on any atom is -0.476 e. The molecule has 10 nitrogen and oxygen atoms in total. The van der Waals surface area contributed by atoms with Gasteiger partial charge in [-0.2, -0.15) is 4.31 Å². The van der Waals surface area contributed by atoms with Crippen molar-refractivity contribution in [2.24, 2.45) is 0 Å². The highest BCUT2D eigenvalue weighted by atomic mass is 35.5. The van der Waals surface area contributed by atoms with E-state index in [0.29, 0.717) is 45.8 Å². The molecule has 2 heterocycles. The Hall–Kier alpha value is -3.97. The average molecular weight is 642 g/mol. The van der Waals surface area contributed by atoms with Gasteiger partial charge in [-0.15, -0.1) is 0 Å². The molecule has 13 heteroatoms. The molecule has 3 aromatic carbocycles. The van der Waals surface area contributed by atoms with Gasteiger partial charge < -0.3 is 14.2 Å². The predicted molar refractivity (Wildman–Crippen MR) is 162 cm³/mol. The Morgan fingerprint density at radius 3 is 2.40 bits per heavy atom. The van der Waals surface area contributed by atoms with Crippen LogP contribution in [0.1, 0.15) is 41.3 Å². The van der Waals surface area contributed by atoms with Crippen LogP contribution in [0.2, 0.25) is 5.02 Å². The molecule has 224 valence electrons. The third-order valence-corrected chi connectivity index (χ3v) is 9.59. The van der Waals surface area contributed by atoms with Crippen LogP contribution in [0.15, 0.2) is 83.9 Å². The Morgan fingerprint density at radius 1 is 0.977 bits per heavy atom. The molecule has 0 radical (unpaired) electrons. The number of nitrogens with zero attached hydrogens (tertiary/aromatic N) is 2. The highest BCUT2D eigenvalue weighted by molar-refractivity contribution is 7.89. The number of anilines is 1. The van der Waals surface area contributed by atoms with Gasteiger partial charge >= 0.3 is 5.97 Å². The fourth-order valence-electron chi connectivity index (χ4n) is 4.45. The number of thiazole rings is 1. The van der Waals surface area contributed by atoms with Gasteiger partial charge in [0.25, 0.3) is 5.91 Å². The van der Waals surface area contributed by atoms with E-state index in [2.05, 4.69) is 10.3 Å². The number of nitrogens with one attached hydrogen (secondary N) is 1. The normalized spacial score (nSPS) is 14.5. The molecule has 1 N–H and O–H groups in total. The van der Waals surface area contributed by atoms with Gasteiger partial charge in [-0.05, 0) is 67.4 Å². The summed E-state index contributed by atoms with van der Waals surface area (Å²) in [6, 6.07) is 19.1. The molecule has 1 saturated heterocycles. The number of carbonyl (C=O) groups excluding carboxylic acids is 2.